The van der Waals surface area contributed by atoms with Crippen molar-refractivity contribution < 1.29 is 19.1 Å². The quantitative estimate of drug-likeness (QED) is 0.618. The lowest BCUT2D eigenvalue weighted by Crippen LogP contribution is -2.37. The Bertz CT molecular complexity index is 1030. The molecule has 0 saturated carbocycles. The topological polar surface area (TPSA) is 99.5 Å². The van der Waals surface area contributed by atoms with Crippen LogP contribution in [0, 0.1) is 25.2 Å². The van der Waals surface area contributed by atoms with E-state index in [4.69, 9.17) is 10.00 Å². The van der Waals surface area contributed by atoms with Crippen molar-refractivity contribution in [2.45, 2.75) is 46.5 Å². The van der Waals surface area contributed by atoms with E-state index in [9.17, 15) is 14.4 Å². The number of carbonyl (C=O) groups is 3. The molecule has 0 spiro atoms. The highest BCUT2D eigenvalue weighted by Gasteiger charge is 2.19. The average molecular weight is 450 g/mol. The Morgan fingerprint density at radius 3 is 2.18 bits per heavy atom. The Kier molecular flexibility index (Phi) is 8.75. The molecule has 2 rings (SSSR count). The number of rotatable bonds is 8. The van der Waals surface area contributed by atoms with Crippen LogP contribution in [0.4, 0.5) is 5.69 Å². The van der Waals surface area contributed by atoms with Crippen LogP contribution in [0.5, 0.6) is 0 Å². The molecule has 2 aromatic carbocycles. The predicted octanol–water partition coefficient (Wildman–Crippen LogP) is 3.82. The second-order valence-electron chi connectivity index (χ2n) is 8.97. The number of nitrogens with zero attached hydrogens (tertiary/aromatic N) is 2. The van der Waals surface area contributed by atoms with Gasteiger partial charge >= 0.3 is 5.97 Å². The van der Waals surface area contributed by atoms with Gasteiger partial charge in [0.15, 0.2) is 6.61 Å². The number of anilines is 1. The van der Waals surface area contributed by atoms with Gasteiger partial charge in [-0.25, -0.2) is 0 Å². The van der Waals surface area contributed by atoms with Gasteiger partial charge in [-0.05, 0) is 60.2 Å². The lowest BCUT2D eigenvalue weighted by molar-refractivity contribution is -0.146. The summed E-state index contributed by atoms with van der Waals surface area (Å²) in [6.45, 7) is 9.45. The molecule has 1 N–H and O–H groups in total. The summed E-state index contributed by atoms with van der Waals surface area (Å²) in [4.78, 5) is 38.5. The lowest BCUT2D eigenvalue weighted by Gasteiger charge is -2.22. The monoisotopic (exact) mass is 449 g/mol. The van der Waals surface area contributed by atoms with Gasteiger partial charge in [-0.2, -0.15) is 5.26 Å². The highest BCUT2D eigenvalue weighted by Crippen LogP contribution is 2.22. The smallest absolute Gasteiger partial charge is 0.325 e. The van der Waals surface area contributed by atoms with Crippen molar-refractivity contribution >= 4 is 23.5 Å². The minimum absolute atomic E-state index is 0.0242. The zero-order chi connectivity index (χ0) is 24.6. The second-order valence-corrected chi connectivity index (χ2v) is 8.97. The van der Waals surface area contributed by atoms with Gasteiger partial charge in [-0.15, -0.1) is 0 Å². The number of nitriles is 1. The van der Waals surface area contributed by atoms with Crippen LogP contribution < -0.4 is 10.2 Å². The Morgan fingerprint density at radius 1 is 1.03 bits per heavy atom. The molecule has 2 amide bonds. The highest BCUT2D eigenvalue weighted by atomic mass is 16.5. The number of benzene rings is 2. The van der Waals surface area contributed by atoms with Crippen molar-refractivity contribution in [1.29, 1.82) is 5.26 Å². The largest absolute Gasteiger partial charge is 0.454 e. The summed E-state index contributed by atoms with van der Waals surface area (Å²) in [5.41, 5.74) is 4.12. The molecule has 0 saturated heterocycles. The molecular formula is C26H31N3O4. The molecule has 0 aliphatic carbocycles. The number of nitrogens with one attached hydrogen (secondary N) is 1. The minimum Gasteiger partial charge on any atom is -0.454 e. The van der Waals surface area contributed by atoms with Crippen LogP contribution in [-0.2, 0) is 19.7 Å². The van der Waals surface area contributed by atoms with Gasteiger partial charge in [0.25, 0.3) is 11.8 Å². The number of aryl methyl sites for hydroxylation is 2. The van der Waals surface area contributed by atoms with Gasteiger partial charge in [0.1, 0.15) is 6.54 Å². The summed E-state index contributed by atoms with van der Waals surface area (Å²) in [5, 5.41) is 11.4. The lowest BCUT2D eigenvalue weighted by atomic mass is 9.87. The average Bonchev–Trinajstić information content (AvgIpc) is 2.75. The molecule has 0 aromatic heterocycles. The molecule has 0 unspecified atom stereocenters. The van der Waals surface area contributed by atoms with Crippen LogP contribution in [0.2, 0.25) is 0 Å². The van der Waals surface area contributed by atoms with Crippen LogP contribution in [0.3, 0.4) is 0 Å². The standard InChI is InChI=1S/C26H31N3O4/c1-18-13-19(2)15-22(14-18)29(12-6-11-27)23(30)17-33-24(31)16-28-25(32)20-7-9-21(10-8-20)26(3,4)5/h7-10,13-15H,6,12,16-17H2,1-5H3,(H,28,32). The van der Waals surface area contributed by atoms with E-state index in [2.05, 4.69) is 26.1 Å². The van der Waals surface area contributed by atoms with E-state index in [-0.39, 0.29) is 24.9 Å². The van der Waals surface area contributed by atoms with Gasteiger partial charge < -0.3 is 15.0 Å². The molecule has 0 bridgehead atoms. The third-order valence-corrected chi connectivity index (χ3v) is 5.03. The van der Waals surface area contributed by atoms with Gasteiger partial charge in [0.05, 0.1) is 12.5 Å². The number of carbonyl (C=O) groups excluding carboxylic acids is 3. The molecule has 7 nitrogen and oxygen atoms in total. The van der Waals surface area contributed by atoms with E-state index >= 15 is 0 Å². The normalized spacial score (nSPS) is 10.8. The predicted molar refractivity (Wildman–Crippen MR) is 127 cm³/mol. The molecule has 33 heavy (non-hydrogen) atoms. The van der Waals surface area contributed by atoms with Crippen molar-refractivity contribution in [3.05, 3.63) is 64.7 Å². The fourth-order valence-corrected chi connectivity index (χ4v) is 3.31. The molecule has 0 aliphatic rings. The third kappa shape index (κ3) is 7.76. The maximum Gasteiger partial charge on any atom is 0.325 e. The first-order valence-electron chi connectivity index (χ1n) is 10.8. The fraction of sp³-hybridized carbons (Fsp3) is 0.385. The number of hydrogen-bond acceptors (Lipinski definition) is 5. The van der Waals surface area contributed by atoms with Crippen molar-refractivity contribution in [2.24, 2.45) is 0 Å². The number of hydrogen-bond donors (Lipinski definition) is 1. The molecule has 174 valence electrons. The number of ether oxygens (including phenoxy) is 1. The van der Waals surface area contributed by atoms with Gasteiger partial charge in [0.2, 0.25) is 0 Å². The number of esters is 1. The van der Waals surface area contributed by atoms with Crippen LogP contribution in [0.25, 0.3) is 0 Å². The van der Waals surface area contributed by atoms with Crippen LogP contribution >= 0.6 is 0 Å². The van der Waals surface area contributed by atoms with E-state index in [1.807, 2.05) is 50.2 Å². The van der Waals surface area contributed by atoms with E-state index in [0.717, 1.165) is 16.7 Å². The molecular weight excluding hydrogens is 418 g/mol. The second kappa shape index (κ2) is 11.3. The zero-order valence-corrected chi connectivity index (χ0v) is 19.9. The summed E-state index contributed by atoms with van der Waals surface area (Å²) >= 11 is 0. The molecule has 2 aromatic rings. The van der Waals surface area contributed by atoms with Crippen molar-refractivity contribution in [3.8, 4) is 6.07 Å². The first kappa shape index (κ1) is 25.6. The van der Waals surface area contributed by atoms with E-state index < -0.39 is 24.4 Å². The summed E-state index contributed by atoms with van der Waals surface area (Å²) in [6.07, 6.45) is 0.150. The maximum absolute atomic E-state index is 12.7. The van der Waals surface area contributed by atoms with Crippen molar-refractivity contribution in [2.75, 3.05) is 24.6 Å². The van der Waals surface area contributed by atoms with Crippen LogP contribution in [0.1, 0.15) is 54.2 Å². The zero-order valence-electron chi connectivity index (χ0n) is 19.9. The van der Waals surface area contributed by atoms with Gasteiger partial charge in [0, 0.05) is 17.8 Å². The van der Waals surface area contributed by atoms with Crippen LogP contribution in [-0.4, -0.2) is 37.5 Å². The molecule has 0 heterocycles. The molecule has 0 atom stereocenters. The van der Waals surface area contributed by atoms with E-state index in [1.165, 1.54) is 4.90 Å². The fourth-order valence-electron chi connectivity index (χ4n) is 3.31. The Balaban J connectivity index is 1.92. The summed E-state index contributed by atoms with van der Waals surface area (Å²) < 4.78 is 5.07. The Hall–Kier alpha value is -3.66. The summed E-state index contributed by atoms with van der Waals surface area (Å²) in [5.74, 6) is -1.55. The van der Waals surface area contributed by atoms with Crippen molar-refractivity contribution in [3.63, 3.8) is 0 Å². The van der Waals surface area contributed by atoms with Crippen LogP contribution in [0.15, 0.2) is 42.5 Å². The van der Waals surface area contributed by atoms with Gasteiger partial charge in [-0.3, -0.25) is 14.4 Å². The van der Waals surface area contributed by atoms with Gasteiger partial charge in [-0.1, -0.05) is 39.0 Å². The SMILES string of the molecule is Cc1cc(C)cc(N(CCC#N)C(=O)COC(=O)CNC(=O)c2ccc(C(C)(C)C)cc2)c1. The summed E-state index contributed by atoms with van der Waals surface area (Å²) in [7, 11) is 0. The Labute approximate surface area is 195 Å². The molecule has 7 heteroatoms. The van der Waals surface area contributed by atoms with E-state index in [1.54, 1.807) is 12.1 Å². The molecule has 0 aliphatic heterocycles. The van der Waals surface area contributed by atoms with E-state index in [0.29, 0.717) is 11.3 Å². The summed E-state index contributed by atoms with van der Waals surface area (Å²) in [6, 6.07) is 14.9. The molecule has 0 radical (unpaired) electrons. The first-order valence-corrected chi connectivity index (χ1v) is 10.8. The van der Waals surface area contributed by atoms with Crippen molar-refractivity contribution in [1.82, 2.24) is 5.32 Å². The Morgan fingerprint density at radius 2 is 1.64 bits per heavy atom. The first-order chi connectivity index (χ1) is 15.5. The third-order valence-electron chi connectivity index (χ3n) is 5.03. The highest BCUT2D eigenvalue weighted by molar-refractivity contribution is 5.97. The number of amides is 2. The minimum atomic E-state index is -0.719. The maximum atomic E-state index is 12.7. The molecule has 0 fully saturated rings.